The van der Waals surface area contributed by atoms with E-state index >= 15 is 0 Å². The first-order valence-electron chi connectivity index (χ1n) is 6.29. The van der Waals surface area contributed by atoms with Gasteiger partial charge in [-0.3, -0.25) is 19.8 Å². The first kappa shape index (κ1) is 12.1. The number of urea groups is 1. The van der Waals surface area contributed by atoms with Crippen molar-refractivity contribution in [3.05, 3.63) is 0 Å². The topological polar surface area (TPSA) is 66.5 Å². The van der Waals surface area contributed by atoms with Crippen LogP contribution in [0, 0.1) is 5.92 Å². The van der Waals surface area contributed by atoms with Gasteiger partial charge in [0, 0.05) is 6.04 Å². The van der Waals surface area contributed by atoms with Gasteiger partial charge in [-0.05, 0) is 18.8 Å². The van der Waals surface area contributed by atoms with Crippen LogP contribution in [-0.4, -0.2) is 28.8 Å². The van der Waals surface area contributed by atoms with Crippen LogP contribution in [0.4, 0.5) is 4.79 Å². The van der Waals surface area contributed by atoms with E-state index in [0.29, 0.717) is 5.92 Å². The van der Waals surface area contributed by atoms with Crippen LogP contribution in [0.2, 0.25) is 0 Å². The molecular formula is C12H18N2O3. The Morgan fingerprint density at radius 2 is 1.94 bits per heavy atom. The van der Waals surface area contributed by atoms with Crippen LogP contribution in [0.25, 0.3) is 0 Å². The molecule has 1 heterocycles. The van der Waals surface area contributed by atoms with Gasteiger partial charge in [-0.15, -0.1) is 0 Å². The van der Waals surface area contributed by atoms with Gasteiger partial charge in [-0.2, -0.15) is 0 Å². The smallest absolute Gasteiger partial charge is 0.277 e. The van der Waals surface area contributed by atoms with Crippen LogP contribution in [0.3, 0.4) is 0 Å². The Hall–Kier alpha value is -1.39. The summed E-state index contributed by atoms with van der Waals surface area (Å²) in [6.45, 7) is 2.08. The number of imide groups is 2. The zero-order valence-electron chi connectivity index (χ0n) is 10.1. The summed E-state index contributed by atoms with van der Waals surface area (Å²) in [4.78, 5) is 35.9. The van der Waals surface area contributed by atoms with Crippen LogP contribution < -0.4 is 5.32 Å². The first-order chi connectivity index (χ1) is 8.13. The summed E-state index contributed by atoms with van der Waals surface area (Å²) in [6, 6.07) is -0.550. The lowest BCUT2D eigenvalue weighted by atomic mass is 9.81. The normalized spacial score (nSPS) is 30.4. The Morgan fingerprint density at radius 3 is 2.59 bits per heavy atom. The Balaban J connectivity index is 2.16. The molecule has 0 aromatic rings. The zero-order chi connectivity index (χ0) is 12.4. The van der Waals surface area contributed by atoms with Crippen LogP contribution >= 0.6 is 0 Å². The molecule has 1 saturated heterocycles. The van der Waals surface area contributed by atoms with Gasteiger partial charge in [0.2, 0.25) is 11.8 Å². The van der Waals surface area contributed by atoms with Crippen molar-refractivity contribution in [1.82, 2.24) is 10.2 Å². The Kier molecular flexibility index (Phi) is 3.45. The second-order valence-corrected chi connectivity index (χ2v) is 4.81. The number of nitrogens with one attached hydrogen (secondary N) is 1. The number of amides is 4. The van der Waals surface area contributed by atoms with Crippen LogP contribution in [0.15, 0.2) is 0 Å². The van der Waals surface area contributed by atoms with Crippen molar-refractivity contribution in [3.63, 3.8) is 0 Å². The number of hydrogen-bond donors (Lipinski definition) is 1. The van der Waals surface area contributed by atoms with Crippen molar-refractivity contribution in [3.8, 4) is 0 Å². The molecule has 1 aliphatic heterocycles. The van der Waals surface area contributed by atoms with Crippen molar-refractivity contribution in [2.24, 2.45) is 5.92 Å². The number of rotatable bonds is 2. The summed E-state index contributed by atoms with van der Waals surface area (Å²) >= 11 is 0. The molecule has 2 aliphatic rings. The molecule has 0 spiro atoms. The van der Waals surface area contributed by atoms with E-state index in [-0.39, 0.29) is 18.4 Å². The van der Waals surface area contributed by atoms with Gasteiger partial charge in [0.1, 0.15) is 6.42 Å². The third-order valence-corrected chi connectivity index (χ3v) is 3.77. The van der Waals surface area contributed by atoms with Crippen LogP contribution in [-0.2, 0) is 9.59 Å². The number of barbiturate groups is 1. The second kappa shape index (κ2) is 4.85. The van der Waals surface area contributed by atoms with Gasteiger partial charge < -0.3 is 0 Å². The monoisotopic (exact) mass is 238 g/mol. The van der Waals surface area contributed by atoms with E-state index in [1.54, 1.807) is 0 Å². The Bertz CT molecular complexity index is 334. The molecular weight excluding hydrogens is 220 g/mol. The average Bonchev–Trinajstić information content (AvgIpc) is 2.28. The lowest BCUT2D eigenvalue weighted by Crippen LogP contribution is -2.58. The lowest BCUT2D eigenvalue weighted by Gasteiger charge is -2.39. The van der Waals surface area contributed by atoms with Crippen molar-refractivity contribution in [2.45, 2.75) is 51.5 Å². The molecule has 1 aliphatic carbocycles. The third kappa shape index (κ3) is 2.33. The van der Waals surface area contributed by atoms with Gasteiger partial charge in [-0.1, -0.05) is 26.2 Å². The molecule has 1 N–H and O–H groups in total. The van der Waals surface area contributed by atoms with Crippen LogP contribution in [0.5, 0.6) is 0 Å². The number of nitrogens with zero attached hydrogens (tertiary/aromatic N) is 1. The third-order valence-electron chi connectivity index (χ3n) is 3.77. The van der Waals surface area contributed by atoms with E-state index in [1.807, 2.05) is 0 Å². The van der Waals surface area contributed by atoms with E-state index in [2.05, 4.69) is 12.2 Å². The van der Waals surface area contributed by atoms with Gasteiger partial charge in [0.05, 0.1) is 0 Å². The standard InChI is InChI=1S/C12H18N2O3/c1-2-8-5-3-4-6-9(8)14-11(16)7-10(15)13-12(14)17/h8-9H,2-7H2,1H3,(H,13,15,17). The number of hydrogen-bond acceptors (Lipinski definition) is 3. The molecule has 0 bridgehead atoms. The maximum atomic E-state index is 11.8. The number of carbonyl (C=O) groups excluding carboxylic acids is 3. The van der Waals surface area contributed by atoms with Crippen molar-refractivity contribution in [2.75, 3.05) is 0 Å². The van der Waals surface area contributed by atoms with E-state index in [9.17, 15) is 14.4 Å². The molecule has 2 fully saturated rings. The van der Waals surface area contributed by atoms with Crippen molar-refractivity contribution >= 4 is 17.8 Å². The highest BCUT2D eigenvalue weighted by molar-refractivity contribution is 6.14. The molecule has 5 heteroatoms. The summed E-state index contributed by atoms with van der Waals surface area (Å²) in [6.07, 6.45) is 4.91. The molecule has 0 aromatic carbocycles. The first-order valence-corrected chi connectivity index (χ1v) is 6.29. The van der Waals surface area contributed by atoms with Crippen LogP contribution in [0.1, 0.15) is 45.4 Å². The second-order valence-electron chi connectivity index (χ2n) is 4.81. The quantitative estimate of drug-likeness (QED) is 0.740. The predicted octanol–water partition coefficient (Wildman–Crippen LogP) is 1.42. The predicted molar refractivity (Wildman–Crippen MR) is 61.0 cm³/mol. The number of carbonyl (C=O) groups is 3. The van der Waals surface area contributed by atoms with Crippen molar-refractivity contribution < 1.29 is 14.4 Å². The van der Waals surface area contributed by atoms with E-state index in [0.717, 1.165) is 32.1 Å². The van der Waals surface area contributed by atoms with Gasteiger partial charge in [0.15, 0.2) is 0 Å². The molecule has 17 heavy (non-hydrogen) atoms. The zero-order valence-corrected chi connectivity index (χ0v) is 10.1. The molecule has 0 radical (unpaired) electrons. The Labute approximate surface area is 101 Å². The molecule has 1 saturated carbocycles. The summed E-state index contributed by atoms with van der Waals surface area (Å²) in [7, 11) is 0. The fraction of sp³-hybridized carbons (Fsp3) is 0.750. The SMILES string of the molecule is CCC1CCCCC1N1C(=O)CC(=O)NC1=O. The molecule has 94 valence electrons. The molecule has 4 amide bonds. The highest BCUT2D eigenvalue weighted by atomic mass is 16.2. The van der Waals surface area contributed by atoms with Gasteiger partial charge in [-0.25, -0.2) is 4.79 Å². The molecule has 2 atom stereocenters. The minimum absolute atomic E-state index is 0.0191. The minimum atomic E-state index is -0.531. The minimum Gasteiger partial charge on any atom is -0.277 e. The molecule has 0 aromatic heterocycles. The summed E-state index contributed by atoms with van der Waals surface area (Å²) < 4.78 is 0. The van der Waals surface area contributed by atoms with Crippen molar-refractivity contribution in [1.29, 1.82) is 0 Å². The van der Waals surface area contributed by atoms with Gasteiger partial charge >= 0.3 is 6.03 Å². The highest BCUT2D eigenvalue weighted by Crippen LogP contribution is 2.31. The largest absolute Gasteiger partial charge is 0.331 e. The maximum Gasteiger partial charge on any atom is 0.331 e. The summed E-state index contributed by atoms with van der Waals surface area (Å²) in [5.41, 5.74) is 0. The summed E-state index contributed by atoms with van der Waals surface area (Å²) in [5.74, 6) is -0.448. The fourth-order valence-electron chi connectivity index (χ4n) is 2.90. The highest BCUT2D eigenvalue weighted by Gasteiger charge is 2.39. The summed E-state index contributed by atoms with van der Waals surface area (Å²) in [5, 5.41) is 2.23. The fourth-order valence-corrected chi connectivity index (χ4v) is 2.90. The van der Waals surface area contributed by atoms with E-state index < -0.39 is 11.9 Å². The molecule has 5 nitrogen and oxygen atoms in total. The molecule has 2 rings (SSSR count). The average molecular weight is 238 g/mol. The maximum absolute atomic E-state index is 11.8. The lowest BCUT2D eigenvalue weighted by molar-refractivity contribution is -0.139. The van der Waals surface area contributed by atoms with E-state index in [4.69, 9.17) is 0 Å². The Morgan fingerprint density at radius 1 is 1.24 bits per heavy atom. The van der Waals surface area contributed by atoms with E-state index in [1.165, 1.54) is 4.90 Å². The van der Waals surface area contributed by atoms with Gasteiger partial charge in [0.25, 0.3) is 0 Å². The molecule has 2 unspecified atom stereocenters.